The number of carbonyl (C=O) groups excluding carboxylic acids is 1. The third-order valence-corrected chi connectivity index (χ3v) is 2.06. The lowest BCUT2D eigenvalue weighted by Crippen LogP contribution is -2.27. The zero-order valence-corrected chi connectivity index (χ0v) is 9.02. The van der Waals surface area contributed by atoms with Crippen LogP contribution < -0.4 is 10.6 Å². The molecular weight excluding hydrogens is 214 g/mol. The Labute approximate surface area is 92.8 Å². The molecule has 0 saturated carbocycles. The van der Waals surface area contributed by atoms with Crippen molar-refractivity contribution in [2.45, 2.75) is 6.42 Å². The molecular formula is C11H14F2N2O. The van der Waals surface area contributed by atoms with Gasteiger partial charge in [0.15, 0.2) is 0 Å². The van der Waals surface area contributed by atoms with Crippen LogP contribution in [0, 0.1) is 11.6 Å². The summed E-state index contributed by atoms with van der Waals surface area (Å²) in [7, 11) is 1.81. The maximum absolute atomic E-state index is 13.2. The van der Waals surface area contributed by atoms with E-state index < -0.39 is 17.5 Å². The number of halogens is 2. The van der Waals surface area contributed by atoms with Crippen molar-refractivity contribution in [3.63, 3.8) is 0 Å². The molecule has 0 spiro atoms. The van der Waals surface area contributed by atoms with E-state index in [0.29, 0.717) is 12.6 Å². The molecule has 1 rings (SSSR count). The van der Waals surface area contributed by atoms with E-state index in [4.69, 9.17) is 0 Å². The third kappa shape index (κ3) is 3.58. The predicted octanol–water partition coefficient (Wildman–Crippen LogP) is 1.30. The molecule has 2 N–H and O–H groups in total. The predicted molar refractivity (Wildman–Crippen MR) is 57.2 cm³/mol. The number of benzene rings is 1. The van der Waals surface area contributed by atoms with Crippen LogP contribution in [0.1, 0.15) is 16.8 Å². The molecule has 16 heavy (non-hydrogen) atoms. The van der Waals surface area contributed by atoms with Gasteiger partial charge in [0.2, 0.25) is 0 Å². The molecule has 0 radical (unpaired) electrons. The van der Waals surface area contributed by atoms with Crippen molar-refractivity contribution in [3.8, 4) is 0 Å². The summed E-state index contributed by atoms with van der Waals surface area (Å²) in [5.41, 5.74) is -0.133. The molecule has 3 nitrogen and oxygen atoms in total. The minimum absolute atomic E-state index is 0.133. The molecule has 0 aliphatic carbocycles. The molecule has 88 valence electrons. The summed E-state index contributed by atoms with van der Waals surface area (Å²) in [5, 5.41) is 5.48. The SMILES string of the molecule is CNCCCNC(=O)c1ccc(F)cc1F. The van der Waals surface area contributed by atoms with Crippen molar-refractivity contribution in [1.82, 2.24) is 10.6 Å². The highest BCUT2D eigenvalue weighted by Crippen LogP contribution is 2.08. The van der Waals surface area contributed by atoms with Crippen molar-refractivity contribution < 1.29 is 13.6 Å². The van der Waals surface area contributed by atoms with Gasteiger partial charge in [0.05, 0.1) is 5.56 Å². The van der Waals surface area contributed by atoms with Crippen LogP contribution in [-0.4, -0.2) is 26.0 Å². The Morgan fingerprint density at radius 2 is 2.06 bits per heavy atom. The maximum atomic E-state index is 13.2. The number of hydrogen-bond acceptors (Lipinski definition) is 2. The van der Waals surface area contributed by atoms with Gasteiger partial charge in [-0.1, -0.05) is 0 Å². The van der Waals surface area contributed by atoms with E-state index in [1.54, 1.807) is 0 Å². The first-order valence-corrected chi connectivity index (χ1v) is 5.03. The van der Waals surface area contributed by atoms with Crippen LogP contribution in [0.4, 0.5) is 8.78 Å². The average molecular weight is 228 g/mol. The first-order chi connectivity index (χ1) is 7.65. The molecule has 0 aliphatic heterocycles. The number of carbonyl (C=O) groups is 1. The molecule has 1 aromatic rings. The highest BCUT2D eigenvalue weighted by atomic mass is 19.1. The van der Waals surface area contributed by atoms with Gasteiger partial charge in [0.25, 0.3) is 5.91 Å². The Kier molecular flexibility index (Phi) is 4.85. The summed E-state index contributed by atoms with van der Waals surface area (Å²) in [6.07, 6.45) is 0.755. The van der Waals surface area contributed by atoms with E-state index in [9.17, 15) is 13.6 Å². The summed E-state index contributed by atoms with van der Waals surface area (Å²) in [6, 6.07) is 2.90. The minimum atomic E-state index is -0.842. The molecule has 1 amide bonds. The van der Waals surface area contributed by atoms with Gasteiger partial charge in [-0.15, -0.1) is 0 Å². The fourth-order valence-electron chi connectivity index (χ4n) is 1.24. The Morgan fingerprint density at radius 3 is 2.69 bits per heavy atom. The topological polar surface area (TPSA) is 41.1 Å². The van der Waals surface area contributed by atoms with Crippen LogP contribution in [0.2, 0.25) is 0 Å². The van der Waals surface area contributed by atoms with Gasteiger partial charge in [-0.05, 0) is 32.1 Å². The zero-order chi connectivity index (χ0) is 12.0. The van der Waals surface area contributed by atoms with Gasteiger partial charge < -0.3 is 10.6 Å². The molecule has 0 heterocycles. The summed E-state index contributed by atoms with van der Waals surface area (Å²) < 4.78 is 25.7. The van der Waals surface area contributed by atoms with E-state index in [2.05, 4.69) is 10.6 Å². The summed E-state index contributed by atoms with van der Waals surface area (Å²) in [5.74, 6) is -2.05. The third-order valence-electron chi connectivity index (χ3n) is 2.06. The van der Waals surface area contributed by atoms with Gasteiger partial charge >= 0.3 is 0 Å². The lowest BCUT2D eigenvalue weighted by Gasteiger charge is -2.05. The molecule has 0 atom stereocenters. The highest BCUT2D eigenvalue weighted by Gasteiger charge is 2.11. The van der Waals surface area contributed by atoms with E-state index in [1.165, 1.54) is 0 Å². The van der Waals surface area contributed by atoms with E-state index >= 15 is 0 Å². The largest absolute Gasteiger partial charge is 0.352 e. The molecule has 0 aromatic heterocycles. The van der Waals surface area contributed by atoms with Crippen LogP contribution in [0.25, 0.3) is 0 Å². The molecule has 1 aromatic carbocycles. The Hall–Kier alpha value is -1.49. The van der Waals surface area contributed by atoms with Gasteiger partial charge in [-0.3, -0.25) is 4.79 Å². The molecule has 0 fully saturated rings. The van der Waals surface area contributed by atoms with Gasteiger partial charge in [0, 0.05) is 12.6 Å². The Morgan fingerprint density at radius 1 is 1.31 bits per heavy atom. The summed E-state index contributed by atoms with van der Waals surface area (Å²) in [6.45, 7) is 1.22. The molecule has 0 bridgehead atoms. The van der Waals surface area contributed by atoms with Crippen LogP contribution in [-0.2, 0) is 0 Å². The normalized spacial score (nSPS) is 10.2. The van der Waals surface area contributed by atoms with Crippen LogP contribution in [0.3, 0.4) is 0 Å². The van der Waals surface area contributed by atoms with Crippen molar-refractivity contribution in [1.29, 1.82) is 0 Å². The second kappa shape index (κ2) is 6.17. The average Bonchev–Trinajstić information content (AvgIpc) is 2.24. The van der Waals surface area contributed by atoms with E-state index in [0.717, 1.165) is 25.1 Å². The van der Waals surface area contributed by atoms with Crippen molar-refractivity contribution in [2.24, 2.45) is 0 Å². The fraction of sp³-hybridized carbons (Fsp3) is 0.364. The van der Waals surface area contributed by atoms with E-state index in [1.807, 2.05) is 7.05 Å². The number of hydrogen-bond donors (Lipinski definition) is 2. The summed E-state index contributed by atoms with van der Waals surface area (Å²) >= 11 is 0. The zero-order valence-electron chi connectivity index (χ0n) is 9.02. The van der Waals surface area contributed by atoms with Gasteiger partial charge in [0.1, 0.15) is 11.6 Å². The van der Waals surface area contributed by atoms with Gasteiger partial charge in [-0.2, -0.15) is 0 Å². The maximum Gasteiger partial charge on any atom is 0.254 e. The van der Waals surface area contributed by atoms with Crippen molar-refractivity contribution in [3.05, 3.63) is 35.4 Å². The smallest absolute Gasteiger partial charge is 0.254 e. The second-order valence-corrected chi connectivity index (χ2v) is 3.34. The lowest BCUT2D eigenvalue weighted by molar-refractivity contribution is 0.0949. The lowest BCUT2D eigenvalue weighted by atomic mass is 10.2. The quantitative estimate of drug-likeness (QED) is 0.746. The van der Waals surface area contributed by atoms with Crippen molar-refractivity contribution >= 4 is 5.91 Å². The standard InChI is InChI=1S/C11H14F2N2O/c1-14-5-2-6-15-11(16)9-4-3-8(12)7-10(9)13/h3-4,7,14H,2,5-6H2,1H3,(H,15,16). The van der Waals surface area contributed by atoms with Crippen LogP contribution >= 0.6 is 0 Å². The number of nitrogens with one attached hydrogen (secondary N) is 2. The fourth-order valence-corrected chi connectivity index (χ4v) is 1.24. The second-order valence-electron chi connectivity index (χ2n) is 3.34. The molecule has 5 heteroatoms. The monoisotopic (exact) mass is 228 g/mol. The number of rotatable bonds is 5. The first kappa shape index (κ1) is 12.6. The number of amides is 1. The Bertz CT molecular complexity index is 369. The molecule has 0 aliphatic rings. The van der Waals surface area contributed by atoms with Crippen LogP contribution in [0.5, 0.6) is 0 Å². The highest BCUT2D eigenvalue weighted by molar-refractivity contribution is 5.94. The van der Waals surface area contributed by atoms with Gasteiger partial charge in [-0.25, -0.2) is 8.78 Å². The first-order valence-electron chi connectivity index (χ1n) is 5.03. The molecule has 0 saturated heterocycles. The van der Waals surface area contributed by atoms with Crippen molar-refractivity contribution in [2.75, 3.05) is 20.1 Å². The molecule has 0 unspecified atom stereocenters. The van der Waals surface area contributed by atoms with E-state index in [-0.39, 0.29) is 5.56 Å². The van der Waals surface area contributed by atoms with Crippen LogP contribution in [0.15, 0.2) is 18.2 Å². The Balaban J connectivity index is 2.53. The summed E-state index contributed by atoms with van der Waals surface area (Å²) in [4.78, 5) is 11.4. The minimum Gasteiger partial charge on any atom is -0.352 e.